The van der Waals surface area contributed by atoms with Crippen LogP contribution in [-0.4, -0.2) is 9.55 Å². The van der Waals surface area contributed by atoms with Crippen LogP contribution in [-0.2, 0) is 0 Å². The van der Waals surface area contributed by atoms with E-state index in [1.807, 2.05) is 48.5 Å². The van der Waals surface area contributed by atoms with E-state index >= 15 is 0 Å². The van der Waals surface area contributed by atoms with Gasteiger partial charge in [0, 0.05) is 26.5 Å². The summed E-state index contributed by atoms with van der Waals surface area (Å²) in [5.74, 6) is -0.213. The van der Waals surface area contributed by atoms with Gasteiger partial charge in [-0.3, -0.25) is 0 Å². The Hall–Kier alpha value is -3.37. The van der Waals surface area contributed by atoms with Crippen molar-refractivity contribution in [1.29, 1.82) is 0 Å². The number of aromatic nitrogens is 2. The second kappa shape index (κ2) is 6.33. The number of oxazole rings is 1. The third-order valence-corrected chi connectivity index (χ3v) is 5.17. The van der Waals surface area contributed by atoms with Gasteiger partial charge in [-0.15, -0.1) is 0 Å². The highest BCUT2D eigenvalue weighted by atomic mass is 79.9. The summed E-state index contributed by atoms with van der Waals surface area (Å²) in [7, 11) is 0. The van der Waals surface area contributed by atoms with Gasteiger partial charge in [0.2, 0.25) is 5.89 Å². The summed E-state index contributed by atoms with van der Waals surface area (Å²) in [6.45, 7) is 0. The highest BCUT2D eigenvalue weighted by Gasteiger charge is 2.13. The smallest absolute Gasteiger partial charge is 0.227 e. The van der Waals surface area contributed by atoms with Gasteiger partial charge >= 0.3 is 0 Å². The van der Waals surface area contributed by atoms with Gasteiger partial charge in [-0.05, 0) is 48.4 Å². The van der Waals surface area contributed by atoms with Crippen molar-refractivity contribution in [1.82, 2.24) is 9.55 Å². The molecule has 0 aliphatic rings. The zero-order chi connectivity index (χ0) is 25.5. The fourth-order valence-electron chi connectivity index (χ4n) is 3.56. The van der Waals surface area contributed by atoms with E-state index in [0.29, 0.717) is 0 Å². The first-order valence-corrected chi connectivity index (χ1v) is 9.66. The third kappa shape index (κ3) is 2.60. The van der Waals surface area contributed by atoms with E-state index in [2.05, 4.69) is 20.9 Å². The highest BCUT2D eigenvalue weighted by Crippen LogP contribution is 2.33. The van der Waals surface area contributed by atoms with Crippen molar-refractivity contribution in [2.45, 2.75) is 0 Å². The van der Waals surface area contributed by atoms with Gasteiger partial charge < -0.3 is 8.98 Å². The maximum absolute atomic E-state index is 9.07. The van der Waals surface area contributed by atoms with Crippen molar-refractivity contribution < 1.29 is 14.0 Å². The molecule has 0 amide bonds. The van der Waals surface area contributed by atoms with E-state index in [-0.39, 0.29) is 62.9 Å². The zero-order valence-electron chi connectivity index (χ0n) is 21.8. The maximum atomic E-state index is 9.07. The molecule has 0 atom stereocenters. The molecule has 0 aliphatic carbocycles. The number of halogens is 1. The molecule has 4 aromatic carbocycles. The Labute approximate surface area is 185 Å². The largest absolute Gasteiger partial charge is 0.436 e. The van der Waals surface area contributed by atoms with Gasteiger partial charge in [-0.1, -0.05) is 58.4 Å². The van der Waals surface area contributed by atoms with E-state index in [1.165, 1.54) is 0 Å². The summed E-state index contributed by atoms with van der Waals surface area (Å²) in [6, 6.07) is 13.2. The summed E-state index contributed by atoms with van der Waals surface area (Å²) >= 11 is 3.14. The Morgan fingerprint density at radius 1 is 0.862 bits per heavy atom. The topological polar surface area (TPSA) is 31.0 Å². The van der Waals surface area contributed by atoms with Crippen LogP contribution in [0.1, 0.15) is 9.60 Å². The van der Waals surface area contributed by atoms with Crippen LogP contribution in [0.5, 0.6) is 0 Å². The normalized spacial score (nSPS) is 15.0. The molecule has 4 heteroatoms. The molecule has 0 spiro atoms. The molecular formula is C25H15BrN2O. The van der Waals surface area contributed by atoms with Gasteiger partial charge in [-0.25, -0.2) is 4.98 Å². The van der Waals surface area contributed by atoms with Gasteiger partial charge in [0.1, 0.15) is 5.52 Å². The molecule has 2 aromatic heterocycles. The molecule has 3 nitrogen and oxygen atoms in total. The lowest BCUT2D eigenvalue weighted by atomic mass is 10.2. The predicted molar refractivity (Wildman–Crippen MR) is 121 cm³/mol. The second-order valence-corrected chi connectivity index (χ2v) is 7.27. The maximum Gasteiger partial charge on any atom is 0.227 e. The molecule has 138 valence electrons. The van der Waals surface area contributed by atoms with Crippen molar-refractivity contribution in [3.05, 3.63) is 95.3 Å². The Morgan fingerprint density at radius 2 is 1.59 bits per heavy atom. The number of para-hydroxylation sites is 2. The first kappa shape index (κ1) is 11.0. The number of rotatable bonds is 2. The molecular weight excluding hydrogens is 424 g/mol. The fourth-order valence-corrected chi connectivity index (χ4v) is 3.85. The molecule has 29 heavy (non-hydrogen) atoms. The first-order valence-electron chi connectivity index (χ1n) is 12.4. The minimum atomic E-state index is -0.413. The SMILES string of the molecule is [2H]c1c([2H])c(-c2nc3c([2H])c(Br)c([2H])c([2H])c3o2)c([2H])c(-n2c3ccccc3c3ccccc32)c1[2H]. The monoisotopic (exact) mass is 445 g/mol. The molecule has 2 heterocycles. The molecule has 0 fully saturated rings. The number of benzene rings is 4. The van der Waals surface area contributed by atoms with Crippen molar-refractivity contribution in [3.63, 3.8) is 0 Å². The Balaban J connectivity index is 1.74. The Bertz CT molecular complexity index is 1800. The molecule has 0 saturated heterocycles. The Kier molecular flexibility index (Phi) is 2.39. The molecule has 0 N–H and O–H groups in total. The van der Waals surface area contributed by atoms with Crippen LogP contribution in [0, 0.1) is 0 Å². The number of hydrogen-bond donors (Lipinski definition) is 0. The average molecular weight is 446 g/mol. The van der Waals surface area contributed by atoms with Gasteiger partial charge in [-0.2, -0.15) is 0 Å². The van der Waals surface area contributed by atoms with Crippen LogP contribution in [0.3, 0.4) is 0 Å². The quantitative estimate of drug-likeness (QED) is 0.278. The van der Waals surface area contributed by atoms with E-state index < -0.39 is 12.1 Å². The zero-order valence-corrected chi connectivity index (χ0v) is 16.4. The minimum absolute atomic E-state index is 0.0107. The Morgan fingerprint density at radius 3 is 2.34 bits per heavy atom. The lowest BCUT2D eigenvalue weighted by molar-refractivity contribution is 0.620. The average Bonchev–Trinajstić information content (AvgIpc) is 3.46. The summed E-state index contributed by atoms with van der Waals surface area (Å²) in [5, 5.41) is 1.84. The number of nitrogens with zero attached hydrogens (tertiary/aromatic N) is 2. The number of hydrogen-bond acceptors (Lipinski definition) is 2. The van der Waals surface area contributed by atoms with E-state index in [0.717, 1.165) is 21.8 Å². The summed E-state index contributed by atoms with van der Waals surface area (Å²) in [6.07, 6.45) is 0. The lowest BCUT2D eigenvalue weighted by Gasteiger charge is -2.08. The number of fused-ring (bicyclic) bond motifs is 4. The minimum Gasteiger partial charge on any atom is -0.436 e. The predicted octanol–water partition coefficient (Wildman–Crippen LogP) is 7.35. The molecule has 0 unspecified atom stereocenters. The molecule has 0 bridgehead atoms. The standard InChI is InChI=1S/C25H15BrN2O/c26-17-12-13-24-21(15-17)27-25(29-24)16-6-5-7-18(14-16)28-22-10-3-1-8-19(22)20-9-2-4-11-23(20)28/h1-15H/i5D,6D,7D,12D,13D,14D,15D. The van der Waals surface area contributed by atoms with Crippen LogP contribution >= 0.6 is 15.9 Å². The summed E-state index contributed by atoms with van der Waals surface area (Å²) < 4.78 is 67.0. The summed E-state index contributed by atoms with van der Waals surface area (Å²) in [5.41, 5.74) is 1.37. The molecule has 0 aliphatic heterocycles. The van der Waals surface area contributed by atoms with Crippen molar-refractivity contribution in [2.75, 3.05) is 0 Å². The molecule has 0 radical (unpaired) electrons. The van der Waals surface area contributed by atoms with Crippen LogP contribution in [0.15, 0.2) is 99.7 Å². The van der Waals surface area contributed by atoms with Crippen LogP contribution in [0.25, 0.3) is 50.0 Å². The van der Waals surface area contributed by atoms with E-state index in [1.54, 1.807) is 4.57 Å². The fraction of sp³-hybridized carbons (Fsp3) is 0. The summed E-state index contributed by atoms with van der Waals surface area (Å²) in [4.78, 5) is 4.30. The van der Waals surface area contributed by atoms with Gasteiger partial charge in [0.05, 0.1) is 20.6 Å². The molecule has 6 aromatic rings. The van der Waals surface area contributed by atoms with Gasteiger partial charge in [0.15, 0.2) is 5.58 Å². The van der Waals surface area contributed by atoms with Crippen molar-refractivity contribution in [3.8, 4) is 17.1 Å². The van der Waals surface area contributed by atoms with Crippen molar-refractivity contribution >= 4 is 48.8 Å². The van der Waals surface area contributed by atoms with Crippen LogP contribution in [0.2, 0.25) is 0 Å². The first-order chi connectivity index (χ1) is 17.2. The van der Waals surface area contributed by atoms with Crippen LogP contribution < -0.4 is 0 Å². The van der Waals surface area contributed by atoms with Crippen LogP contribution in [0.4, 0.5) is 0 Å². The van der Waals surface area contributed by atoms with E-state index in [4.69, 9.17) is 14.0 Å². The molecule has 0 saturated carbocycles. The van der Waals surface area contributed by atoms with Crippen molar-refractivity contribution in [2.24, 2.45) is 0 Å². The molecule has 6 rings (SSSR count). The van der Waals surface area contributed by atoms with Gasteiger partial charge in [0.25, 0.3) is 0 Å². The van der Waals surface area contributed by atoms with E-state index in [9.17, 15) is 0 Å². The second-order valence-electron chi connectivity index (χ2n) is 6.48. The third-order valence-electron chi connectivity index (χ3n) is 4.77. The lowest BCUT2D eigenvalue weighted by Crippen LogP contribution is -1.94. The highest BCUT2D eigenvalue weighted by molar-refractivity contribution is 9.10.